The third-order valence-corrected chi connectivity index (χ3v) is 3.20. The normalized spacial score (nSPS) is 11.7. The van der Waals surface area contributed by atoms with Gasteiger partial charge in [0.25, 0.3) is 5.91 Å². The lowest BCUT2D eigenvalue weighted by Crippen LogP contribution is -2.42. The third kappa shape index (κ3) is 3.73. The van der Waals surface area contributed by atoms with Gasteiger partial charge in [-0.3, -0.25) is 14.4 Å². The Bertz CT molecular complexity index is 826. The van der Waals surface area contributed by atoms with E-state index in [1.165, 1.54) is 0 Å². The first-order valence-corrected chi connectivity index (χ1v) is 6.65. The first kappa shape index (κ1) is 16.2. The molecule has 0 unspecified atom stereocenters. The predicted molar refractivity (Wildman–Crippen MR) is 80.1 cm³/mol. The predicted octanol–water partition coefficient (Wildman–Crippen LogP) is 0.274. The van der Waals surface area contributed by atoms with E-state index < -0.39 is 35.9 Å². The van der Waals surface area contributed by atoms with Crippen molar-refractivity contribution in [1.82, 2.24) is 10.3 Å². The summed E-state index contributed by atoms with van der Waals surface area (Å²) in [6.07, 6.45) is -0.515. The summed E-state index contributed by atoms with van der Waals surface area (Å²) < 4.78 is 4.40. The fourth-order valence-electron chi connectivity index (χ4n) is 2.08. The topological polar surface area (TPSA) is 126 Å². The lowest BCUT2D eigenvalue weighted by molar-refractivity contribution is -0.147. The number of hydrogen-bond donors (Lipinski definition) is 3. The Morgan fingerprint density at radius 1 is 1.30 bits per heavy atom. The molecule has 0 aliphatic rings. The van der Waals surface area contributed by atoms with Crippen LogP contribution in [-0.2, 0) is 14.3 Å². The van der Waals surface area contributed by atoms with Crippen molar-refractivity contribution in [2.75, 3.05) is 7.11 Å². The number of ether oxygens (including phenoxy) is 1. The number of fused-ring (bicyclic) bond motifs is 1. The van der Waals surface area contributed by atoms with E-state index >= 15 is 0 Å². The average Bonchev–Trinajstić information content (AvgIpc) is 2.52. The van der Waals surface area contributed by atoms with Crippen molar-refractivity contribution in [3.8, 4) is 0 Å². The molecule has 0 aliphatic carbocycles. The van der Waals surface area contributed by atoms with Crippen molar-refractivity contribution >= 4 is 28.7 Å². The molecular weight excluding hydrogens is 304 g/mol. The monoisotopic (exact) mass is 318 g/mol. The van der Waals surface area contributed by atoms with Crippen LogP contribution in [0, 0.1) is 0 Å². The molecule has 1 aromatic heterocycles. The third-order valence-electron chi connectivity index (χ3n) is 3.20. The van der Waals surface area contributed by atoms with Gasteiger partial charge in [-0.15, -0.1) is 0 Å². The zero-order valence-electron chi connectivity index (χ0n) is 12.2. The molecule has 0 saturated carbocycles. The van der Waals surface area contributed by atoms with Gasteiger partial charge in [-0.05, 0) is 6.07 Å². The molecule has 0 spiro atoms. The lowest BCUT2D eigenvalue weighted by Gasteiger charge is -2.14. The number of pyridine rings is 1. The van der Waals surface area contributed by atoms with Crippen molar-refractivity contribution in [1.29, 1.82) is 0 Å². The van der Waals surface area contributed by atoms with Crippen molar-refractivity contribution in [3.63, 3.8) is 0 Å². The standard InChI is InChI=1S/C15H14N2O6/c1-23-13(19)7-11(15(21)22)17-14(20)9-6-12(18)16-10-5-3-2-4-8(9)10/h2-6,11H,7H2,1H3,(H,16,18)(H,17,20)(H,21,22)/t11-/m0/s1. The minimum atomic E-state index is -1.45. The van der Waals surface area contributed by atoms with Crippen LogP contribution in [0.25, 0.3) is 10.9 Å². The summed E-state index contributed by atoms with van der Waals surface area (Å²) in [6.45, 7) is 0. The first-order valence-electron chi connectivity index (χ1n) is 6.65. The minimum Gasteiger partial charge on any atom is -0.480 e. The number of aliphatic carboxylic acids is 1. The molecule has 23 heavy (non-hydrogen) atoms. The summed E-state index contributed by atoms with van der Waals surface area (Å²) in [5.41, 5.74) is -0.0147. The number of nitrogens with one attached hydrogen (secondary N) is 2. The Morgan fingerprint density at radius 3 is 2.65 bits per heavy atom. The summed E-state index contributed by atoms with van der Waals surface area (Å²) in [4.78, 5) is 48.9. The maximum Gasteiger partial charge on any atom is 0.326 e. The van der Waals surface area contributed by atoms with Crippen LogP contribution >= 0.6 is 0 Å². The first-order chi connectivity index (χ1) is 10.9. The Morgan fingerprint density at radius 2 is 2.00 bits per heavy atom. The summed E-state index contributed by atoms with van der Waals surface area (Å²) in [7, 11) is 1.12. The molecule has 1 heterocycles. The van der Waals surface area contributed by atoms with Crippen molar-refractivity contribution in [2.45, 2.75) is 12.5 Å². The van der Waals surface area contributed by atoms with Crippen molar-refractivity contribution < 1.29 is 24.2 Å². The molecule has 1 atom stereocenters. The van der Waals surface area contributed by atoms with Crippen LogP contribution in [0.4, 0.5) is 0 Å². The zero-order chi connectivity index (χ0) is 17.0. The summed E-state index contributed by atoms with van der Waals surface area (Å²) in [5, 5.41) is 11.8. The molecule has 2 rings (SSSR count). The SMILES string of the molecule is COC(=O)C[C@H](NC(=O)c1cc(=O)[nH]c2ccccc12)C(=O)O. The Balaban J connectivity index is 2.34. The maximum atomic E-state index is 12.3. The van der Waals surface area contributed by atoms with E-state index in [0.29, 0.717) is 10.9 Å². The molecule has 8 nitrogen and oxygen atoms in total. The summed E-state index contributed by atoms with van der Waals surface area (Å²) >= 11 is 0. The number of aromatic nitrogens is 1. The van der Waals surface area contributed by atoms with Gasteiger partial charge in [-0.25, -0.2) is 4.79 Å². The number of para-hydroxylation sites is 1. The van der Waals surface area contributed by atoms with Crippen LogP contribution in [-0.4, -0.2) is 41.1 Å². The van der Waals surface area contributed by atoms with Gasteiger partial charge < -0.3 is 20.1 Å². The van der Waals surface area contributed by atoms with Gasteiger partial charge in [-0.1, -0.05) is 18.2 Å². The number of aromatic amines is 1. The highest BCUT2D eigenvalue weighted by atomic mass is 16.5. The molecule has 0 fully saturated rings. The summed E-state index contributed by atoms with van der Waals surface area (Å²) in [6, 6.07) is 6.24. The van der Waals surface area contributed by atoms with E-state index in [-0.39, 0.29) is 5.56 Å². The molecule has 0 saturated heterocycles. The van der Waals surface area contributed by atoms with Crippen LogP contribution in [0.1, 0.15) is 16.8 Å². The van der Waals surface area contributed by atoms with Gasteiger partial charge in [0.05, 0.1) is 19.1 Å². The number of carboxylic acid groups (broad SMARTS) is 1. The molecule has 2 aromatic rings. The van der Waals surface area contributed by atoms with E-state index in [1.807, 2.05) is 0 Å². The number of carboxylic acids is 1. The second-order valence-corrected chi connectivity index (χ2v) is 4.74. The average molecular weight is 318 g/mol. The van der Waals surface area contributed by atoms with E-state index in [9.17, 15) is 19.2 Å². The number of benzene rings is 1. The number of esters is 1. The van der Waals surface area contributed by atoms with Gasteiger partial charge in [0, 0.05) is 17.0 Å². The van der Waals surface area contributed by atoms with Crippen LogP contribution in [0.5, 0.6) is 0 Å². The molecule has 1 aromatic carbocycles. The molecule has 0 aliphatic heterocycles. The highest BCUT2D eigenvalue weighted by Crippen LogP contribution is 2.14. The maximum absolute atomic E-state index is 12.3. The zero-order valence-corrected chi connectivity index (χ0v) is 12.2. The summed E-state index contributed by atoms with van der Waals surface area (Å²) in [5.74, 6) is -2.91. The van der Waals surface area contributed by atoms with E-state index in [2.05, 4.69) is 15.0 Å². The van der Waals surface area contributed by atoms with Gasteiger partial charge in [-0.2, -0.15) is 0 Å². The largest absolute Gasteiger partial charge is 0.480 e. The highest BCUT2D eigenvalue weighted by molar-refractivity contribution is 6.07. The van der Waals surface area contributed by atoms with Gasteiger partial charge in [0.15, 0.2) is 0 Å². The van der Waals surface area contributed by atoms with Crippen molar-refractivity contribution in [3.05, 3.63) is 46.2 Å². The van der Waals surface area contributed by atoms with E-state index in [4.69, 9.17) is 5.11 Å². The Hall–Kier alpha value is -3.16. The highest BCUT2D eigenvalue weighted by Gasteiger charge is 2.25. The van der Waals surface area contributed by atoms with Gasteiger partial charge in [0.2, 0.25) is 5.56 Å². The number of hydrogen-bond acceptors (Lipinski definition) is 5. The van der Waals surface area contributed by atoms with Crippen LogP contribution in [0.2, 0.25) is 0 Å². The molecule has 3 N–H and O–H groups in total. The minimum absolute atomic E-state index is 0.0282. The van der Waals surface area contributed by atoms with Gasteiger partial charge >= 0.3 is 11.9 Å². The second kappa shape index (κ2) is 6.73. The Labute approximate surface area is 130 Å². The molecule has 120 valence electrons. The van der Waals surface area contributed by atoms with Crippen LogP contribution in [0.3, 0.4) is 0 Å². The van der Waals surface area contributed by atoms with E-state index in [0.717, 1.165) is 13.2 Å². The number of methoxy groups -OCH3 is 1. The molecule has 8 heteroatoms. The van der Waals surface area contributed by atoms with Gasteiger partial charge in [0.1, 0.15) is 6.04 Å². The number of rotatable bonds is 5. The molecular formula is C15H14N2O6. The molecule has 1 amide bonds. The molecule has 0 radical (unpaired) electrons. The van der Waals surface area contributed by atoms with Crippen molar-refractivity contribution in [2.24, 2.45) is 0 Å². The quantitative estimate of drug-likeness (QED) is 0.680. The fourth-order valence-corrected chi connectivity index (χ4v) is 2.08. The second-order valence-electron chi connectivity index (χ2n) is 4.74. The van der Waals surface area contributed by atoms with E-state index in [1.54, 1.807) is 24.3 Å². The lowest BCUT2D eigenvalue weighted by atomic mass is 10.1. The van der Waals surface area contributed by atoms with Crippen LogP contribution in [0.15, 0.2) is 35.1 Å². The fraction of sp³-hybridized carbons (Fsp3) is 0.200. The Kier molecular flexibility index (Phi) is 4.75. The smallest absolute Gasteiger partial charge is 0.326 e. The number of amides is 1. The number of carbonyl (C=O) groups is 3. The molecule has 0 bridgehead atoms. The number of carbonyl (C=O) groups excluding carboxylic acids is 2. The van der Waals surface area contributed by atoms with Crippen LogP contribution < -0.4 is 10.9 Å². The number of H-pyrrole nitrogens is 1.